The van der Waals surface area contributed by atoms with Crippen LogP contribution in [-0.2, 0) is 0 Å². The molecule has 1 heterocycles. The highest BCUT2D eigenvalue weighted by molar-refractivity contribution is 7.10. The summed E-state index contributed by atoms with van der Waals surface area (Å²) in [6.45, 7) is 7.10. The summed E-state index contributed by atoms with van der Waals surface area (Å²) in [7, 11) is 2.14. The third-order valence-electron chi connectivity index (χ3n) is 2.96. The summed E-state index contributed by atoms with van der Waals surface area (Å²) in [4.78, 5) is 3.37. The predicted molar refractivity (Wildman–Crippen MR) is 74.5 cm³/mol. The number of aliphatic hydroxyl groups is 1. The first-order valence-electron chi connectivity index (χ1n) is 6.23. The minimum Gasteiger partial charge on any atom is -0.386 e. The molecule has 1 aromatic rings. The summed E-state index contributed by atoms with van der Waals surface area (Å²) in [5.74, 6) is 0. The Morgan fingerprint density at radius 1 is 1.47 bits per heavy atom. The molecule has 0 aliphatic rings. The van der Waals surface area contributed by atoms with Gasteiger partial charge >= 0.3 is 0 Å². The maximum Gasteiger partial charge on any atom is 0.101 e. The number of aliphatic hydroxyl groups excluding tert-OH is 1. The van der Waals surface area contributed by atoms with Crippen molar-refractivity contribution < 1.29 is 5.11 Å². The van der Waals surface area contributed by atoms with Crippen molar-refractivity contribution in [1.29, 1.82) is 0 Å². The molecule has 0 aliphatic heterocycles. The maximum atomic E-state index is 9.84. The first-order valence-corrected chi connectivity index (χ1v) is 7.11. The molecule has 2 N–H and O–H groups in total. The Morgan fingerprint density at radius 2 is 2.24 bits per heavy atom. The van der Waals surface area contributed by atoms with Crippen LogP contribution >= 0.6 is 11.3 Å². The van der Waals surface area contributed by atoms with Gasteiger partial charge in [0.05, 0.1) is 0 Å². The highest BCUT2D eigenvalue weighted by Gasteiger charge is 2.07. The fraction of sp³-hybridized carbons (Fsp3) is 0.692. The van der Waals surface area contributed by atoms with Crippen LogP contribution in [0.3, 0.4) is 0 Å². The Bertz CT molecular complexity index is 288. The zero-order valence-electron chi connectivity index (χ0n) is 11.0. The fourth-order valence-corrected chi connectivity index (χ4v) is 2.24. The van der Waals surface area contributed by atoms with Crippen LogP contribution in [0.4, 0.5) is 0 Å². The molecular formula is C13H24N2OS. The number of thiophene rings is 1. The van der Waals surface area contributed by atoms with Crippen molar-refractivity contribution in [3.05, 3.63) is 22.4 Å². The topological polar surface area (TPSA) is 35.5 Å². The van der Waals surface area contributed by atoms with Gasteiger partial charge in [-0.1, -0.05) is 6.07 Å². The van der Waals surface area contributed by atoms with Crippen molar-refractivity contribution in [2.24, 2.45) is 0 Å². The van der Waals surface area contributed by atoms with Gasteiger partial charge in [0.1, 0.15) is 6.10 Å². The van der Waals surface area contributed by atoms with E-state index in [2.05, 4.69) is 31.1 Å². The van der Waals surface area contributed by atoms with E-state index in [1.165, 1.54) is 0 Å². The van der Waals surface area contributed by atoms with E-state index in [0.29, 0.717) is 12.6 Å². The standard InChI is InChI=1S/C13H24N2OS/c1-11(2)15(3)8-5-7-14-10-12(16)13-6-4-9-17-13/h4,6,9,11-12,14,16H,5,7-8,10H2,1-3H3. The number of nitrogens with zero attached hydrogens (tertiary/aromatic N) is 1. The molecule has 4 heteroatoms. The van der Waals surface area contributed by atoms with Crippen LogP contribution in [-0.4, -0.2) is 42.7 Å². The molecule has 0 saturated heterocycles. The van der Waals surface area contributed by atoms with E-state index in [1.54, 1.807) is 11.3 Å². The molecule has 1 atom stereocenters. The maximum absolute atomic E-state index is 9.84. The van der Waals surface area contributed by atoms with Crippen LogP contribution in [0.25, 0.3) is 0 Å². The monoisotopic (exact) mass is 256 g/mol. The van der Waals surface area contributed by atoms with Crippen LogP contribution in [0.1, 0.15) is 31.2 Å². The minimum absolute atomic E-state index is 0.363. The highest BCUT2D eigenvalue weighted by Crippen LogP contribution is 2.17. The molecule has 0 aromatic carbocycles. The zero-order chi connectivity index (χ0) is 12.7. The van der Waals surface area contributed by atoms with Crippen LogP contribution in [0, 0.1) is 0 Å². The lowest BCUT2D eigenvalue weighted by atomic mass is 10.2. The van der Waals surface area contributed by atoms with Gasteiger partial charge in [0.25, 0.3) is 0 Å². The first kappa shape index (κ1) is 14.6. The Labute approximate surface area is 108 Å². The Hall–Kier alpha value is -0.420. The Balaban J connectivity index is 2.05. The zero-order valence-corrected chi connectivity index (χ0v) is 11.8. The largest absolute Gasteiger partial charge is 0.386 e. The molecule has 0 spiro atoms. The number of rotatable bonds is 8. The normalized spacial score (nSPS) is 13.5. The quantitative estimate of drug-likeness (QED) is 0.699. The van der Waals surface area contributed by atoms with E-state index < -0.39 is 0 Å². The Kier molecular flexibility index (Phi) is 6.73. The average Bonchev–Trinajstić information content (AvgIpc) is 2.81. The summed E-state index contributed by atoms with van der Waals surface area (Å²) >= 11 is 1.61. The lowest BCUT2D eigenvalue weighted by molar-refractivity contribution is 0.177. The summed E-state index contributed by atoms with van der Waals surface area (Å²) in [6, 6.07) is 4.55. The summed E-state index contributed by atoms with van der Waals surface area (Å²) in [5, 5.41) is 15.1. The van der Waals surface area contributed by atoms with Gasteiger partial charge in [-0.3, -0.25) is 0 Å². The van der Waals surface area contributed by atoms with Gasteiger partial charge in [-0.2, -0.15) is 0 Å². The second kappa shape index (κ2) is 7.82. The third-order valence-corrected chi connectivity index (χ3v) is 3.93. The molecule has 0 radical (unpaired) electrons. The number of nitrogens with one attached hydrogen (secondary N) is 1. The summed E-state index contributed by atoms with van der Waals surface area (Å²) in [5.41, 5.74) is 0. The van der Waals surface area contributed by atoms with E-state index in [-0.39, 0.29) is 6.10 Å². The van der Waals surface area contributed by atoms with Crippen molar-refractivity contribution in [2.45, 2.75) is 32.4 Å². The molecule has 0 aliphatic carbocycles. The first-order chi connectivity index (χ1) is 8.11. The van der Waals surface area contributed by atoms with Gasteiger partial charge in [-0.05, 0) is 51.9 Å². The van der Waals surface area contributed by atoms with Crippen molar-refractivity contribution in [3.63, 3.8) is 0 Å². The molecule has 0 fully saturated rings. The van der Waals surface area contributed by atoms with E-state index in [1.807, 2.05) is 17.5 Å². The molecule has 17 heavy (non-hydrogen) atoms. The lowest BCUT2D eigenvalue weighted by Crippen LogP contribution is -2.30. The van der Waals surface area contributed by atoms with Crippen molar-refractivity contribution in [3.8, 4) is 0 Å². The molecule has 0 amide bonds. The highest BCUT2D eigenvalue weighted by atomic mass is 32.1. The van der Waals surface area contributed by atoms with Gasteiger partial charge in [0.15, 0.2) is 0 Å². The smallest absolute Gasteiger partial charge is 0.101 e. The molecule has 1 rings (SSSR count). The molecule has 0 bridgehead atoms. The average molecular weight is 256 g/mol. The van der Waals surface area contributed by atoms with Crippen LogP contribution in [0.15, 0.2) is 17.5 Å². The number of hydrogen-bond acceptors (Lipinski definition) is 4. The molecule has 1 unspecified atom stereocenters. The van der Waals surface area contributed by atoms with Crippen LogP contribution in [0.5, 0.6) is 0 Å². The third kappa shape index (κ3) is 5.64. The SMILES string of the molecule is CC(C)N(C)CCCNCC(O)c1cccs1. The van der Waals surface area contributed by atoms with Crippen LogP contribution in [0.2, 0.25) is 0 Å². The van der Waals surface area contributed by atoms with Gasteiger partial charge in [0, 0.05) is 17.5 Å². The van der Waals surface area contributed by atoms with Crippen LogP contribution < -0.4 is 5.32 Å². The van der Waals surface area contributed by atoms with E-state index in [4.69, 9.17) is 0 Å². The van der Waals surface area contributed by atoms with Gasteiger partial charge < -0.3 is 15.3 Å². The predicted octanol–water partition coefficient (Wildman–Crippen LogP) is 2.10. The molecule has 98 valence electrons. The molecule has 0 saturated carbocycles. The minimum atomic E-state index is -0.363. The fourth-order valence-electron chi connectivity index (χ4n) is 1.53. The summed E-state index contributed by atoms with van der Waals surface area (Å²) in [6.07, 6.45) is 0.754. The van der Waals surface area contributed by atoms with Crippen molar-refractivity contribution in [1.82, 2.24) is 10.2 Å². The summed E-state index contributed by atoms with van der Waals surface area (Å²) < 4.78 is 0. The van der Waals surface area contributed by atoms with Crippen molar-refractivity contribution in [2.75, 3.05) is 26.7 Å². The molecular weight excluding hydrogens is 232 g/mol. The van der Waals surface area contributed by atoms with E-state index in [0.717, 1.165) is 24.4 Å². The van der Waals surface area contributed by atoms with Gasteiger partial charge in [-0.15, -0.1) is 11.3 Å². The van der Waals surface area contributed by atoms with E-state index >= 15 is 0 Å². The number of hydrogen-bond donors (Lipinski definition) is 2. The Morgan fingerprint density at radius 3 is 2.82 bits per heavy atom. The lowest BCUT2D eigenvalue weighted by Gasteiger charge is -2.20. The van der Waals surface area contributed by atoms with Gasteiger partial charge in [-0.25, -0.2) is 0 Å². The van der Waals surface area contributed by atoms with Crippen molar-refractivity contribution >= 4 is 11.3 Å². The second-order valence-corrected chi connectivity index (χ2v) is 5.64. The molecule has 1 aromatic heterocycles. The second-order valence-electron chi connectivity index (χ2n) is 4.66. The molecule has 3 nitrogen and oxygen atoms in total. The van der Waals surface area contributed by atoms with Gasteiger partial charge in [0.2, 0.25) is 0 Å². The van der Waals surface area contributed by atoms with E-state index in [9.17, 15) is 5.11 Å².